The van der Waals surface area contributed by atoms with Crippen LogP contribution in [0.3, 0.4) is 0 Å². The van der Waals surface area contributed by atoms with Crippen molar-refractivity contribution < 1.29 is 27.8 Å². The number of rotatable bonds is 6. The summed E-state index contributed by atoms with van der Waals surface area (Å²) in [5, 5.41) is 15.4. The van der Waals surface area contributed by atoms with Crippen molar-refractivity contribution in [3.63, 3.8) is 0 Å². The maximum absolute atomic E-state index is 12.6. The lowest BCUT2D eigenvalue weighted by Crippen LogP contribution is -2.44. The Labute approximate surface area is 144 Å². The zero-order chi connectivity index (χ0) is 16.9. The molecule has 2 atom stereocenters. The van der Waals surface area contributed by atoms with Crippen molar-refractivity contribution in [2.75, 3.05) is 19.7 Å². The van der Waals surface area contributed by atoms with Gasteiger partial charge in [0, 0.05) is 6.54 Å². The van der Waals surface area contributed by atoms with Crippen molar-refractivity contribution in [3.05, 3.63) is 29.8 Å². The van der Waals surface area contributed by atoms with Gasteiger partial charge >= 0.3 is 6.18 Å². The molecule has 1 aromatic carbocycles. The van der Waals surface area contributed by atoms with Gasteiger partial charge in [-0.05, 0) is 37.6 Å². The molecule has 5 nitrogen and oxygen atoms in total. The third-order valence-electron chi connectivity index (χ3n) is 3.49. The predicted molar refractivity (Wildman–Crippen MR) is 84.2 cm³/mol. The topological polar surface area (TPSA) is 70.6 Å². The van der Waals surface area contributed by atoms with E-state index in [4.69, 9.17) is 4.74 Å². The van der Waals surface area contributed by atoms with Crippen molar-refractivity contribution in [2.24, 2.45) is 0 Å². The quantitative estimate of drug-likeness (QED) is 0.715. The van der Waals surface area contributed by atoms with Crippen LogP contribution in [0.25, 0.3) is 0 Å². The molecule has 9 heteroatoms. The number of halogens is 4. The van der Waals surface area contributed by atoms with Crippen LogP contribution >= 0.6 is 12.4 Å². The highest BCUT2D eigenvalue weighted by atomic mass is 35.5. The molecule has 1 heterocycles. The molecule has 0 bridgehead atoms. The van der Waals surface area contributed by atoms with Gasteiger partial charge in [-0.3, -0.25) is 4.79 Å². The molecule has 1 saturated heterocycles. The van der Waals surface area contributed by atoms with Crippen molar-refractivity contribution >= 4 is 18.3 Å². The lowest BCUT2D eigenvalue weighted by atomic mass is 10.2. The zero-order valence-corrected chi connectivity index (χ0v) is 13.6. The first-order valence-corrected chi connectivity index (χ1v) is 7.35. The maximum Gasteiger partial charge on any atom is 0.416 e. The lowest BCUT2D eigenvalue weighted by Gasteiger charge is -2.16. The van der Waals surface area contributed by atoms with E-state index in [-0.39, 0.29) is 43.3 Å². The number of aliphatic hydroxyl groups is 1. The molecule has 0 spiro atoms. The number of carbonyl (C=O) groups excluding carboxylic acids is 1. The first-order valence-electron chi connectivity index (χ1n) is 7.35. The van der Waals surface area contributed by atoms with Crippen molar-refractivity contribution in [1.82, 2.24) is 10.6 Å². The largest absolute Gasteiger partial charge is 0.491 e. The number of amides is 1. The molecule has 3 N–H and O–H groups in total. The van der Waals surface area contributed by atoms with E-state index >= 15 is 0 Å². The maximum atomic E-state index is 12.6. The van der Waals surface area contributed by atoms with Gasteiger partial charge in [-0.1, -0.05) is 6.07 Å². The SMILES string of the molecule is Cl.O=C(NCC(O)COc1cccc(C(F)(F)F)c1)C1CCCN1. The fourth-order valence-electron chi connectivity index (χ4n) is 2.26. The summed E-state index contributed by atoms with van der Waals surface area (Å²) in [6.45, 7) is 0.564. The predicted octanol–water partition coefficient (Wildman–Crippen LogP) is 1.74. The number of benzene rings is 1. The summed E-state index contributed by atoms with van der Waals surface area (Å²) < 4.78 is 42.8. The van der Waals surface area contributed by atoms with Crippen LogP contribution in [0.2, 0.25) is 0 Å². The third-order valence-corrected chi connectivity index (χ3v) is 3.49. The van der Waals surface area contributed by atoms with Crippen LogP contribution < -0.4 is 15.4 Å². The van der Waals surface area contributed by atoms with Crippen LogP contribution in [-0.2, 0) is 11.0 Å². The molecule has 136 valence electrons. The normalized spacial score (nSPS) is 18.6. The third kappa shape index (κ3) is 6.18. The number of nitrogens with one attached hydrogen (secondary N) is 2. The first-order chi connectivity index (χ1) is 10.9. The molecule has 0 saturated carbocycles. The smallest absolute Gasteiger partial charge is 0.416 e. The average molecular weight is 369 g/mol. The van der Waals surface area contributed by atoms with Gasteiger partial charge in [0.1, 0.15) is 18.5 Å². The Hall–Kier alpha value is -1.51. The minimum atomic E-state index is -4.44. The molecule has 1 fully saturated rings. The molecule has 1 amide bonds. The number of alkyl halides is 3. The summed E-state index contributed by atoms with van der Waals surface area (Å²) in [7, 11) is 0. The van der Waals surface area contributed by atoms with Crippen LogP contribution in [0.5, 0.6) is 5.75 Å². The van der Waals surface area contributed by atoms with E-state index in [1.807, 2.05) is 0 Å². The molecule has 1 aromatic rings. The summed E-state index contributed by atoms with van der Waals surface area (Å²) in [5.74, 6) is -0.178. The Morgan fingerprint density at radius 3 is 2.83 bits per heavy atom. The summed E-state index contributed by atoms with van der Waals surface area (Å²) in [6.07, 6.45) is -3.77. The van der Waals surface area contributed by atoms with E-state index in [2.05, 4.69) is 10.6 Å². The Bertz CT molecular complexity index is 537. The number of aliphatic hydroxyl groups excluding tert-OH is 1. The van der Waals surface area contributed by atoms with E-state index in [0.29, 0.717) is 0 Å². The van der Waals surface area contributed by atoms with E-state index in [9.17, 15) is 23.1 Å². The second-order valence-corrected chi connectivity index (χ2v) is 5.38. The van der Waals surface area contributed by atoms with Gasteiger partial charge < -0.3 is 20.5 Å². The monoisotopic (exact) mass is 368 g/mol. The number of hydrogen-bond acceptors (Lipinski definition) is 4. The summed E-state index contributed by atoms with van der Waals surface area (Å²) >= 11 is 0. The summed E-state index contributed by atoms with van der Waals surface area (Å²) in [6, 6.07) is 4.18. The Balaban J connectivity index is 0.00000288. The molecule has 1 aliphatic heterocycles. The average Bonchev–Trinajstić information content (AvgIpc) is 3.04. The number of carbonyl (C=O) groups is 1. The van der Waals surface area contributed by atoms with Crippen molar-refractivity contribution in [3.8, 4) is 5.75 Å². The summed E-state index contributed by atoms with van der Waals surface area (Å²) in [4.78, 5) is 11.7. The van der Waals surface area contributed by atoms with Crippen LogP contribution in [0.4, 0.5) is 13.2 Å². The Morgan fingerprint density at radius 2 is 2.21 bits per heavy atom. The van der Waals surface area contributed by atoms with Crippen molar-refractivity contribution in [1.29, 1.82) is 0 Å². The van der Waals surface area contributed by atoms with Crippen LogP contribution in [0.15, 0.2) is 24.3 Å². The van der Waals surface area contributed by atoms with Crippen LogP contribution in [0, 0.1) is 0 Å². The highest BCUT2D eigenvalue weighted by Gasteiger charge is 2.30. The first kappa shape index (κ1) is 20.5. The molecule has 2 unspecified atom stereocenters. The van der Waals surface area contributed by atoms with E-state index in [1.165, 1.54) is 12.1 Å². The van der Waals surface area contributed by atoms with Gasteiger partial charge in [-0.25, -0.2) is 0 Å². The molecule has 2 rings (SSSR count). The summed E-state index contributed by atoms with van der Waals surface area (Å²) in [5.41, 5.74) is -0.815. The molecular weight excluding hydrogens is 349 g/mol. The minimum Gasteiger partial charge on any atom is -0.491 e. The standard InChI is InChI=1S/C15H19F3N2O3.ClH/c16-15(17,18)10-3-1-4-12(7-10)23-9-11(21)8-20-14(22)13-5-2-6-19-13;/h1,3-4,7,11,13,19,21H,2,5-6,8-9H2,(H,20,22);1H. The lowest BCUT2D eigenvalue weighted by molar-refractivity contribution is -0.137. The van der Waals surface area contributed by atoms with E-state index in [0.717, 1.165) is 31.5 Å². The highest BCUT2D eigenvalue weighted by molar-refractivity contribution is 5.85. The van der Waals surface area contributed by atoms with Gasteiger partial charge in [0.15, 0.2) is 0 Å². The highest BCUT2D eigenvalue weighted by Crippen LogP contribution is 2.31. The van der Waals surface area contributed by atoms with Crippen molar-refractivity contribution in [2.45, 2.75) is 31.2 Å². The minimum absolute atomic E-state index is 0. The number of hydrogen-bond donors (Lipinski definition) is 3. The fraction of sp³-hybridized carbons (Fsp3) is 0.533. The van der Waals surface area contributed by atoms with Gasteiger partial charge in [0.05, 0.1) is 11.6 Å². The van der Waals surface area contributed by atoms with Gasteiger partial charge in [0.25, 0.3) is 0 Å². The van der Waals surface area contributed by atoms with Crippen LogP contribution in [-0.4, -0.2) is 42.9 Å². The molecule has 0 aliphatic carbocycles. The second-order valence-electron chi connectivity index (χ2n) is 5.38. The van der Waals surface area contributed by atoms with E-state index in [1.54, 1.807) is 0 Å². The number of ether oxygens (including phenoxy) is 1. The Morgan fingerprint density at radius 1 is 1.46 bits per heavy atom. The second kappa shape index (κ2) is 9.10. The molecular formula is C15H20ClF3N2O3. The van der Waals surface area contributed by atoms with E-state index < -0.39 is 17.8 Å². The van der Waals surface area contributed by atoms with Gasteiger partial charge in [-0.15, -0.1) is 12.4 Å². The zero-order valence-electron chi connectivity index (χ0n) is 12.8. The fourth-order valence-corrected chi connectivity index (χ4v) is 2.26. The Kier molecular flexibility index (Phi) is 7.78. The van der Waals surface area contributed by atoms with Gasteiger partial charge in [-0.2, -0.15) is 13.2 Å². The molecule has 1 aliphatic rings. The molecule has 0 radical (unpaired) electrons. The van der Waals surface area contributed by atoms with Gasteiger partial charge in [0.2, 0.25) is 5.91 Å². The van der Waals surface area contributed by atoms with Crippen LogP contribution in [0.1, 0.15) is 18.4 Å². The molecule has 24 heavy (non-hydrogen) atoms. The molecule has 0 aromatic heterocycles.